The van der Waals surface area contributed by atoms with Crippen LogP contribution < -0.4 is 0 Å². The Bertz CT molecular complexity index is 548. The van der Waals surface area contributed by atoms with E-state index >= 15 is 0 Å². The summed E-state index contributed by atoms with van der Waals surface area (Å²) >= 11 is 0. The Kier molecular flexibility index (Phi) is 10.6. The Morgan fingerprint density at radius 3 is 2.39 bits per heavy atom. The van der Waals surface area contributed by atoms with Gasteiger partial charge in [0.15, 0.2) is 6.29 Å². The SMILES string of the molecule is C[C@@H]1CCC[C@H](O[C@H]2C(O)CCCN(C)[C@H](C)C(O)[C@H](O)COC(=O)[C@H](C)C[C@@H]2C)O1. The molecule has 0 spiro atoms. The number of aliphatic hydroxyl groups is 3. The largest absolute Gasteiger partial charge is 0.463 e. The van der Waals surface area contributed by atoms with Gasteiger partial charge in [-0.15, -0.1) is 0 Å². The monoisotopic (exact) mass is 445 g/mol. The predicted octanol–water partition coefficient (Wildman–Crippen LogP) is 1.69. The van der Waals surface area contributed by atoms with Crippen molar-refractivity contribution in [3.63, 3.8) is 0 Å². The summed E-state index contributed by atoms with van der Waals surface area (Å²) in [6.45, 7) is 8.02. The Labute approximate surface area is 186 Å². The van der Waals surface area contributed by atoms with Crippen LogP contribution in [0.25, 0.3) is 0 Å². The summed E-state index contributed by atoms with van der Waals surface area (Å²) < 4.78 is 17.5. The zero-order valence-electron chi connectivity index (χ0n) is 19.8. The second kappa shape index (κ2) is 12.5. The molecule has 2 heterocycles. The van der Waals surface area contributed by atoms with Crippen LogP contribution in [0.3, 0.4) is 0 Å². The van der Waals surface area contributed by atoms with Gasteiger partial charge in [0, 0.05) is 6.04 Å². The second-order valence-electron chi connectivity index (χ2n) is 9.64. The molecule has 2 fully saturated rings. The van der Waals surface area contributed by atoms with Gasteiger partial charge in [-0.25, -0.2) is 0 Å². The van der Waals surface area contributed by atoms with Gasteiger partial charge in [-0.05, 0) is 71.9 Å². The minimum absolute atomic E-state index is 0.0873. The molecule has 2 aliphatic heterocycles. The number of carbonyl (C=O) groups excluding carboxylic acids is 1. The molecule has 2 saturated heterocycles. The average molecular weight is 446 g/mol. The Hall–Kier alpha value is -0.770. The van der Waals surface area contributed by atoms with E-state index in [0.717, 1.165) is 19.3 Å². The summed E-state index contributed by atoms with van der Waals surface area (Å²) in [6, 6.07) is -0.323. The van der Waals surface area contributed by atoms with Gasteiger partial charge in [-0.1, -0.05) is 13.8 Å². The van der Waals surface area contributed by atoms with Crippen molar-refractivity contribution in [3.8, 4) is 0 Å². The Morgan fingerprint density at radius 2 is 1.71 bits per heavy atom. The van der Waals surface area contributed by atoms with Crippen LogP contribution in [-0.2, 0) is 19.0 Å². The summed E-state index contributed by atoms with van der Waals surface area (Å²) in [7, 11) is 1.87. The normalized spacial score (nSPS) is 43.0. The third-order valence-corrected chi connectivity index (χ3v) is 6.80. The molecule has 9 atom stereocenters. The van der Waals surface area contributed by atoms with Crippen LogP contribution in [0.1, 0.15) is 66.2 Å². The maximum atomic E-state index is 12.5. The van der Waals surface area contributed by atoms with Crippen molar-refractivity contribution >= 4 is 5.97 Å². The van der Waals surface area contributed by atoms with E-state index in [1.165, 1.54) is 0 Å². The number of rotatable bonds is 2. The van der Waals surface area contributed by atoms with E-state index in [9.17, 15) is 20.1 Å². The predicted molar refractivity (Wildman–Crippen MR) is 116 cm³/mol. The first kappa shape index (κ1) is 26.5. The summed E-state index contributed by atoms with van der Waals surface area (Å²) in [5.41, 5.74) is 0. The Balaban J connectivity index is 2.13. The van der Waals surface area contributed by atoms with Crippen LogP contribution in [-0.4, -0.2) is 89.2 Å². The molecule has 8 heteroatoms. The topological polar surface area (TPSA) is 109 Å². The van der Waals surface area contributed by atoms with Gasteiger partial charge >= 0.3 is 5.97 Å². The van der Waals surface area contributed by atoms with Crippen LogP contribution >= 0.6 is 0 Å². The van der Waals surface area contributed by atoms with Crippen LogP contribution in [0.5, 0.6) is 0 Å². The number of aliphatic hydroxyl groups excluding tert-OH is 3. The number of hydrogen-bond donors (Lipinski definition) is 3. The first-order valence-electron chi connectivity index (χ1n) is 11.8. The van der Waals surface area contributed by atoms with E-state index in [-0.39, 0.29) is 31.0 Å². The maximum Gasteiger partial charge on any atom is 0.308 e. The van der Waals surface area contributed by atoms with Crippen molar-refractivity contribution in [2.45, 2.75) is 109 Å². The zero-order chi connectivity index (χ0) is 23.1. The molecule has 0 aromatic carbocycles. The van der Waals surface area contributed by atoms with Crippen molar-refractivity contribution in [2.75, 3.05) is 20.2 Å². The molecule has 31 heavy (non-hydrogen) atoms. The highest BCUT2D eigenvalue weighted by Crippen LogP contribution is 2.28. The maximum absolute atomic E-state index is 12.5. The summed E-state index contributed by atoms with van der Waals surface area (Å²) in [5, 5.41) is 31.7. The molecule has 0 aromatic rings. The van der Waals surface area contributed by atoms with Gasteiger partial charge in [0.1, 0.15) is 12.7 Å². The molecular formula is C23H43NO7. The number of cyclic esters (lactones) is 1. The molecule has 8 nitrogen and oxygen atoms in total. The fraction of sp³-hybridized carbons (Fsp3) is 0.957. The minimum Gasteiger partial charge on any atom is -0.463 e. The lowest BCUT2D eigenvalue weighted by molar-refractivity contribution is -0.236. The first-order chi connectivity index (χ1) is 14.6. The smallest absolute Gasteiger partial charge is 0.308 e. The van der Waals surface area contributed by atoms with Gasteiger partial charge in [0.2, 0.25) is 0 Å². The van der Waals surface area contributed by atoms with Gasteiger partial charge < -0.3 is 34.4 Å². The van der Waals surface area contributed by atoms with Crippen molar-refractivity contribution < 1.29 is 34.3 Å². The van der Waals surface area contributed by atoms with Gasteiger partial charge in [-0.3, -0.25) is 4.79 Å². The first-order valence-corrected chi connectivity index (χ1v) is 11.8. The lowest BCUT2D eigenvalue weighted by Crippen LogP contribution is -2.47. The van der Waals surface area contributed by atoms with E-state index in [1.54, 1.807) is 6.92 Å². The van der Waals surface area contributed by atoms with E-state index in [2.05, 4.69) is 0 Å². The molecule has 0 amide bonds. The molecule has 182 valence electrons. The summed E-state index contributed by atoms with van der Waals surface area (Å²) in [5.74, 6) is -0.936. The minimum atomic E-state index is -1.15. The number of carbonyl (C=O) groups is 1. The van der Waals surface area contributed by atoms with Crippen molar-refractivity contribution in [1.82, 2.24) is 4.90 Å². The lowest BCUT2D eigenvalue weighted by atomic mass is 9.88. The molecule has 2 unspecified atom stereocenters. The summed E-state index contributed by atoms with van der Waals surface area (Å²) in [4.78, 5) is 14.4. The molecule has 0 aliphatic carbocycles. The van der Waals surface area contributed by atoms with Crippen molar-refractivity contribution in [2.24, 2.45) is 11.8 Å². The highest BCUT2D eigenvalue weighted by Gasteiger charge is 2.34. The second-order valence-corrected chi connectivity index (χ2v) is 9.64. The van der Waals surface area contributed by atoms with Crippen LogP contribution in [0, 0.1) is 11.8 Å². The molecule has 2 aliphatic rings. The van der Waals surface area contributed by atoms with E-state index < -0.39 is 36.3 Å². The number of nitrogens with zero attached hydrogens (tertiary/aromatic N) is 1. The van der Waals surface area contributed by atoms with Gasteiger partial charge in [-0.2, -0.15) is 0 Å². The van der Waals surface area contributed by atoms with E-state index in [1.807, 2.05) is 32.7 Å². The van der Waals surface area contributed by atoms with Crippen LogP contribution in [0.4, 0.5) is 0 Å². The standard InChI is InChI=1S/C23H43NO7/c1-14-12-15(2)23(28)29-13-19(26)21(27)17(4)24(5)11-7-9-18(25)22(14)31-20-10-6-8-16(3)30-20/h14-22,25-27H,6-13H2,1-5H3/t14-,15+,16+,17+,18?,19+,20-,21?,22+/m0/s1. The molecule has 0 radical (unpaired) electrons. The molecule has 0 bridgehead atoms. The fourth-order valence-corrected chi connectivity index (χ4v) is 4.54. The third-order valence-electron chi connectivity index (χ3n) is 6.80. The number of likely N-dealkylation sites (N-methyl/N-ethyl adjacent to an activating group) is 1. The molecular weight excluding hydrogens is 402 g/mol. The molecule has 2 rings (SSSR count). The quantitative estimate of drug-likeness (QED) is 0.551. The van der Waals surface area contributed by atoms with Crippen molar-refractivity contribution in [3.05, 3.63) is 0 Å². The highest BCUT2D eigenvalue weighted by molar-refractivity contribution is 5.72. The van der Waals surface area contributed by atoms with E-state index in [4.69, 9.17) is 14.2 Å². The summed E-state index contributed by atoms with van der Waals surface area (Å²) in [6.07, 6.45) is 1.03. The van der Waals surface area contributed by atoms with Crippen LogP contribution in [0.15, 0.2) is 0 Å². The third kappa shape index (κ3) is 7.94. The Morgan fingerprint density at radius 1 is 1.00 bits per heavy atom. The lowest BCUT2D eigenvalue weighted by Gasteiger charge is -2.36. The highest BCUT2D eigenvalue weighted by atomic mass is 16.7. The van der Waals surface area contributed by atoms with Gasteiger partial charge in [0.05, 0.1) is 30.3 Å². The zero-order valence-corrected chi connectivity index (χ0v) is 19.8. The molecule has 3 N–H and O–H groups in total. The molecule has 0 saturated carbocycles. The number of esters is 1. The van der Waals surface area contributed by atoms with Crippen molar-refractivity contribution in [1.29, 1.82) is 0 Å². The van der Waals surface area contributed by atoms with E-state index in [0.29, 0.717) is 25.8 Å². The fourth-order valence-electron chi connectivity index (χ4n) is 4.54. The number of ether oxygens (including phenoxy) is 3. The van der Waals surface area contributed by atoms with Crippen LogP contribution in [0.2, 0.25) is 0 Å². The van der Waals surface area contributed by atoms with Gasteiger partial charge in [0.25, 0.3) is 0 Å². The number of hydrogen-bond acceptors (Lipinski definition) is 8. The molecule has 0 aromatic heterocycles. The average Bonchev–Trinajstić information content (AvgIpc) is 2.73.